The fourth-order valence-corrected chi connectivity index (χ4v) is 6.45. The summed E-state index contributed by atoms with van der Waals surface area (Å²) in [6.07, 6.45) is 3.22. The van der Waals surface area contributed by atoms with Crippen LogP contribution in [-0.2, 0) is 24.2 Å². The van der Waals surface area contributed by atoms with Crippen molar-refractivity contribution in [2.75, 3.05) is 18.2 Å². The zero-order chi connectivity index (χ0) is 27.2. The maximum Gasteiger partial charge on any atom is 0.278 e. The lowest BCUT2D eigenvalue weighted by molar-refractivity contribution is -0.0469. The van der Waals surface area contributed by atoms with Crippen LogP contribution in [-0.4, -0.2) is 40.9 Å². The molecule has 0 bridgehead atoms. The lowest BCUT2D eigenvalue weighted by atomic mass is 9.93. The molecule has 3 heterocycles. The largest absolute Gasteiger partial charge is 0.482 e. The van der Waals surface area contributed by atoms with Gasteiger partial charge in [-0.05, 0) is 47.6 Å². The number of aryl methyl sites for hydroxylation is 2. The molecule has 1 fully saturated rings. The van der Waals surface area contributed by atoms with Crippen LogP contribution in [0.1, 0.15) is 51.3 Å². The third-order valence-corrected chi connectivity index (χ3v) is 8.30. The van der Waals surface area contributed by atoms with E-state index in [-0.39, 0.29) is 47.6 Å². The molecule has 3 aromatic carbocycles. The van der Waals surface area contributed by atoms with E-state index in [0.717, 1.165) is 18.4 Å². The van der Waals surface area contributed by atoms with Gasteiger partial charge in [0.15, 0.2) is 11.4 Å². The Labute approximate surface area is 233 Å². The number of pyridine rings is 1. The van der Waals surface area contributed by atoms with Crippen LogP contribution < -0.4 is 15.2 Å². The molecule has 202 valence electrons. The van der Waals surface area contributed by atoms with Crippen LogP contribution in [0.3, 0.4) is 0 Å². The van der Waals surface area contributed by atoms with Crippen LogP contribution in [0, 0.1) is 0 Å². The molecule has 3 aliphatic rings. The summed E-state index contributed by atoms with van der Waals surface area (Å²) >= 11 is 0. The third kappa shape index (κ3) is 4.00. The number of fused-ring (bicyclic) bond motifs is 4. The Kier molecular flexibility index (Phi) is 6.16. The average Bonchev–Trinajstić information content (AvgIpc) is 3.15. The number of hydrogen-bond acceptors (Lipinski definition) is 5. The fourth-order valence-electron chi connectivity index (χ4n) is 6.45. The van der Waals surface area contributed by atoms with Crippen molar-refractivity contribution in [3.05, 3.63) is 135 Å². The first-order valence-corrected chi connectivity index (χ1v) is 13.9. The van der Waals surface area contributed by atoms with E-state index in [1.54, 1.807) is 6.20 Å². The van der Waals surface area contributed by atoms with Crippen LogP contribution in [0.5, 0.6) is 5.75 Å². The highest BCUT2D eigenvalue weighted by molar-refractivity contribution is 5.97. The molecule has 4 aromatic rings. The Bertz CT molecular complexity index is 1590. The first kappa shape index (κ1) is 24.7. The van der Waals surface area contributed by atoms with Crippen LogP contribution in [0.2, 0.25) is 0 Å². The summed E-state index contributed by atoms with van der Waals surface area (Å²) in [5.41, 5.74) is 5.81. The highest BCUT2D eigenvalue weighted by Gasteiger charge is 2.48. The number of ether oxygens (including phenoxy) is 2. The monoisotopic (exact) mass is 533 g/mol. The summed E-state index contributed by atoms with van der Waals surface area (Å²) < 4.78 is 14.1. The lowest BCUT2D eigenvalue weighted by Gasteiger charge is -2.53. The number of morpholine rings is 1. The summed E-state index contributed by atoms with van der Waals surface area (Å²) in [7, 11) is 0. The molecule has 1 amide bonds. The molecule has 0 radical (unpaired) electrons. The van der Waals surface area contributed by atoms with Gasteiger partial charge in [-0.25, -0.2) is 0 Å². The van der Waals surface area contributed by atoms with Gasteiger partial charge in [-0.1, -0.05) is 78.9 Å². The number of amides is 1. The van der Waals surface area contributed by atoms with Gasteiger partial charge >= 0.3 is 0 Å². The molecule has 40 heavy (non-hydrogen) atoms. The summed E-state index contributed by atoms with van der Waals surface area (Å²) in [5.74, 6) is -0.137. The van der Waals surface area contributed by atoms with E-state index in [0.29, 0.717) is 13.2 Å². The minimum absolute atomic E-state index is 0.0775. The number of nitrogens with zero attached hydrogens (tertiary/aromatic N) is 3. The summed E-state index contributed by atoms with van der Waals surface area (Å²) in [6, 6.07) is 27.9. The number of hydrogen-bond donors (Lipinski definition) is 0. The quantitative estimate of drug-likeness (QED) is 0.388. The molecular weight excluding hydrogens is 502 g/mol. The van der Waals surface area contributed by atoms with Gasteiger partial charge in [0.1, 0.15) is 12.8 Å². The number of rotatable bonds is 4. The second kappa shape index (κ2) is 9.99. The van der Waals surface area contributed by atoms with E-state index in [4.69, 9.17) is 9.47 Å². The smallest absolute Gasteiger partial charge is 0.278 e. The molecule has 0 unspecified atom stereocenters. The lowest BCUT2D eigenvalue weighted by Crippen LogP contribution is -2.68. The maximum atomic E-state index is 14.2. The van der Waals surface area contributed by atoms with Crippen molar-refractivity contribution < 1.29 is 14.3 Å². The Morgan fingerprint density at radius 1 is 0.825 bits per heavy atom. The van der Waals surface area contributed by atoms with Gasteiger partial charge in [0.2, 0.25) is 5.43 Å². The van der Waals surface area contributed by atoms with E-state index in [2.05, 4.69) is 53.5 Å². The van der Waals surface area contributed by atoms with Gasteiger partial charge in [-0.15, -0.1) is 0 Å². The number of aromatic nitrogens is 1. The van der Waals surface area contributed by atoms with Gasteiger partial charge in [0.25, 0.3) is 5.91 Å². The Morgan fingerprint density at radius 3 is 2.17 bits per heavy atom. The van der Waals surface area contributed by atoms with Crippen LogP contribution >= 0.6 is 0 Å². The second-order valence-electron chi connectivity index (χ2n) is 10.7. The summed E-state index contributed by atoms with van der Waals surface area (Å²) in [6.45, 7) is 2.99. The molecule has 1 aromatic heterocycles. The molecule has 0 N–H and O–H groups in total. The van der Waals surface area contributed by atoms with Gasteiger partial charge in [-0.2, -0.15) is 0 Å². The number of carbonyl (C=O) groups excluding carboxylic acids is 1. The molecule has 7 nitrogen and oxygen atoms in total. The van der Waals surface area contributed by atoms with Crippen LogP contribution in [0.15, 0.2) is 95.9 Å². The highest BCUT2D eigenvalue weighted by Crippen LogP contribution is 2.41. The van der Waals surface area contributed by atoms with Gasteiger partial charge in [0, 0.05) is 12.3 Å². The fraction of sp³-hybridized carbons (Fsp3) is 0.273. The van der Waals surface area contributed by atoms with E-state index < -0.39 is 0 Å². The topological polar surface area (TPSA) is 64.0 Å². The van der Waals surface area contributed by atoms with E-state index in [9.17, 15) is 9.59 Å². The van der Waals surface area contributed by atoms with Crippen molar-refractivity contribution in [3.8, 4) is 5.75 Å². The van der Waals surface area contributed by atoms with Crippen molar-refractivity contribution in [2.24, 2.45) is 0 Å². The average molecular weight is 534 g/mol. The molecular formula is C33H31N3O4. The van der Waals surface area contributed by atoms with Gasteiger partial charge in [-0.3, -0.25) is 19.3 Å². The minimum atomic E-state index is -0.363. The zero-order valence-corrected chi connectivity index (χ0v) is 22.4. The van der Waals surface area contributed by atoms with Crippen molar-refractivity contribution in [1.29, 1.82) is 0 Å². The Balaban J connectivity index is 1.45. The molecule has 0 spiro atoms. The molecule has 7 rings (SSSR count). The van der Waals surface area contributed by atoms with E-state index in [1.165, 1.54) is 28.3 Å². The second-order valence-corrected chi connectivity index (χ2v) is 10.7. The van der Waals surface area contributed by atoms with E-state index in [1.807, 2.05) is 46.8 Å². The van der Waals surface area contributed by atoms with Crippen LogP contribution in [0.25, 0.3) is 0 Å². The standard InChI is InChI=1S/C33H31N3O4/c1-22-19-39-21-29-35(22)33(38)31-32(40-20-23-9-3-2-4-10-23)28(37)17-18-34(31)36(29)30-26-13-7-5-11-24(26)15-16-25-12-6-8-14-27(25)30/h2-14,17-18,22,29-30H,15-16,19-21H2,1H3/t22-,29+/m0/s1. The molecule has 1 saturated heterocycles. The molecule has 0 saturated carbocycles. The van der Waals surface area contributed by atoms with Crippen molar-refractivity contribution in [3.63, 3.8) is 0 Å². The first-order chi connectivity index (χ1) is 19.6. The summed E-state index contributed by atoms with van der Waals surface area (Å²) in [4.78, 5) is 29.4. The Hall–Kier alpha value is -4.36. The van der Waals surface area contributed by atoms with Crippen molar-refractivity contribution >= 4 is 5.91 Å². The summed E-state index contributed by atoms with van der Waals surface area (Å²) in [5, 5.41) is 2.23. The SMILES string of the molecule is C[C@H]1COC[C@@H]2N1C(=O)c1c(OCc3ccccc3)c(=O)ccn1N2C1c2ccccc2CCc2ccccc21. The number of carbonyl (C=O) groups is 1. The number of benzene rings is 3. The third-order valence-electron chi connectivity index (χ3n) is 8.30. The molecule has 2 aliphatic heterocycles. The van der Waals surface area contributed by atoms with E-state index >= 15 is 0 Å². The molecule has 7 heteroatoms. The molecule has 1 aliphatic carbocycles. The van der Waals surface area contributed by atoms with Gasteiger partial charge < -0.3 is 14.4 Å². The molecule has 2 atom stereocenters. The van der Waals surface area contributed by atoms with Crippen molar-refractivity contribution in [2.45, 2.75) is 44.6 Å². The predicted octanol–water partition coefficient (Wildman–Crippen LogP) is 4.45. The minimum Gasteiger partial charge on any atom is -0.482 e. The Morgan fingerprint density at radius 2 is 1.48 bits per heavy atom. The normalized spacial score (nSPS) is 20.2. The highest BCUT2D eigenvalue weighted by atomic mass is 16.5. The van der Waals surface area contributed by atoms with Crippen LogP contribution in [0.4, 0.5) is 0 Å². The zero-order valence-electron chi connectivity index (χ0n) is 22.4. The van der Waals surface area contributed by atoms with Gasteiger partial charge in [0.05, 0.1) is 25.3 Å². The first-order valence-electron chi connectivity index (χ1n) is 13.9. The predicted molar refractivity (Wildman–Crippen MR) is 152 cm³/mol. The maximum absolute atomic E-state index is 14.2. The van der Waals surface area contributed by atoms with Crippen molar-refractivity contribution in [1.82, 2.24) is 9.58 Å².